The molecule has 20 heavy (non-hydrogen) atoms. The zero-order valence-electron chi connectivity index (χ0n) is 11.8. The van der Waals surface area contributed by atoms with Gasteiger partial charge in [-0.15, -0.1) is 0 Å². The number of primary amides is 1. The van der Waals surface area contributed by atoms with Gasteiger partial charge in [-0.3, -0.25) is 9.59 Å². The molecule has 1 aromatic carbocycles. The molecule has 1 aromatic rings. The standard InChI is InChI=1S/C14H20N4O2/c1-17(2)14(20)10-6-5-9(15)8-12(10)18-7-3-4-11(18)13(16)19/h5-6,8,11H,3-4,7,15H2,1-2H3,(H2,16,19). The van der Waals surface area contributed by atoms with E-state index in [-0.39, 0.29) is 17.9 Å². The fourth-order valence-electron chi connectivity index (χ4n) is 2.56. The first-order chi connectivity index (χ1) is 9.41. The van der Waals surface area contributed by atoms with Gasteiger partial charge in [-0.2, -0.15) is 0 Å². The molecule has 6 heteroatoms. The highest BCUT2D eigenvalue weighted by Crippen LogP contribution is 2.31. The van der Waals surface area contributed by atoms with Gasteiger partial charge in [0.15, 0.2) is 0 Å². The monoisotopic (exact) mass is 276 g/mol. The van der Waals surface area contributed by atoms with Crippen molar-refractivity contribution >= 4 is 23.2 Å². The molecule has 0 saturated carbocycles. The van der Waals surface area contributed by atoms with Gasteiger partial charge < -0.3 is 21.3 Å². The molecule has 108 valence electrons. The number of anilines is 2. The topological polar surface area (TPSA) is 92.7 Å². The summed E-state index contributed by atoms with van der Waals surface area (Å²) in [5.74, 6) is -0.483. The summed E-state index contributed by atoms with van der Waals surface area (Å²) in [5, 5.41) is 0. The Labute approximate surface area is 118 Å². The number of carbonyl (C=O) groups is 2. The van der Waals surface area contributed by atoms with E-state index >= 15 is 0 Å². The summed E-state index contributed by atoms with van der Waals surface area (Å²) >= 11 is 0. The van der Waals surface area contributed by atoms with Crippen LogP contribution in [0.3, 0.4) is 0 Å². The summed E-state index contributed by atoms with van der Waals surface area (Å²) in [6, 6.07) is 4.75. The molecular weight excluding hydrogens is 256 g/mol. The maximum absolute atomic E-state index is 12.3. The lowest BCUT2D eigenvalue weighted by Crippen LogP contribution is -2.41. The van der Waals surface area contributed by atoms with Crippen molar-refractivity contribution in [3.63, 3.8) is 0 Å². The third-order valence-electron chi connectivity index (χ3n) is 3.55. The lowest BCUT2D eigenvalue weighted by molar-refractivity contribution is -0.119. The second kappa shape index (κ2) is 5.40. The van der Waals surface area contributed by atoms with Crippen molar-refractivity contribution in [3.8, 4) is 0 Å². The Morgan fingerprint density at radius 3 is 2.65 bits per heavy atom. The lowest BCUT2D eigenvalue weighted by Gasteiger charge is -2.27. The Kier molecular flexibility index (Phi) is 3.83. The van der Waals surface area contributed by atoms with Crippen LogP contribution in [0, 0.1) is 0 Å². The van der Waals surface area contributed by atoms with Gasteiger partial charge in [0.05, 0.1) is 11.3 Å². The van der Waals surface area contributed by atoms with Gasteiger partial charge in [0.25, 0.3) is 5.91 Å². The van der Waals surface area contributed by atoms with Gasteiger partial charge in [-0.1, -0.05) is 0 Å². The maximum atomic E-state index is 12.3. The molecule has 1 unspecified atom stereocenters. The average Bonchev–Trinajstić information content (AvgIpc) is 2.86. The van der Waals surface area contributed by atoms with Crippen molar-refractivity contribution in [3.05, 3.63) is 23.8 Å². The molecule has 0 radical (unpaired) electrons. The Morgan fingerprint density at radius 1 is 1.35 bits per heavy atom. The maximum Gasteiger partial charge on any atom is 0.255 e. The largest absolute Gasteiger partial charge is 0.399 e. The van der Waals surface area contributed by atoms with E-state index in [0.29, 0.717) is 29.9 Å². The summed E-state index contributed by atoms with van der Waals surface area (Å²) in [6.45, 7) is 0.699. The molecule has 1 saturated heterocycles. The Morgan fingerprint density at radius 2 is 2.05 bits per heavy atom. The van der Waals surface area contributed by atoms with E-state index in [2.05, 4.69) is 0 Å². The number of carbonyl (C=O) groups excluding carboxylic acids is 2. The van der Waals surface area contributed by atoms with Crippen LogP contribution in [-0.2, 0) is 4.79 Å². The minimum absolute atomic E-state index is 0.116. The van der Waals surface area contributed by atoms with Gasteiger partial charge in [0, 0.05) is 26.3 Å². The van der Waals surface area contributed by atoms with Crippen molar-refractivity contribution in [2.24, 2.45) is 5.73 Å². The first kappa shape index (κ1) is 14.2. The fourth-order valence-corrected chi connectivity index (χ4v) is 2.56. The van der Waals surface area contributed by atoms with Gasteiger partial charge in [0.2, 0.25) is 5.91 Å². The number of benzene rings is 1. The number of nitrogens with two attached hydrogens (primary N) is 2. The molecule has 1 atom stereocenters. The van der Waals surface area contributed by atoms with Crippen molar-refractivity contribution < 1.29 is 9.59 Å². The van der Waals surface area contributed by atoms with Crippen LogP contribution >= 0.6 is 0 Å². The van der Waals surface area contributed by atoms with Crippen molar-refractivity contribution in [2.75, 3.05) is 31.3 Å². The van der Waals surface area contributed by atoms with Crippen LogP contribution in [0.1, 0.15) is 23.2 Å². The minimum atomic E-state index is -0.370. The van der Waals surface area contributed by atoms with Crippen LogP contribution in [0.25, 0.3) is 0 Å². The zero-order valence-corrected chi connectivity index (χ0v) is 11.8. The molecule has 0 aromatic heterocycles. The van der Waals surface area contributed by atoms with Crippen LogP contribution in [-0.4, -0.2) is 43.4 Å². The van der Waals surface area contributed by atoms with Crippen molar-refractivity contribution in [1.29, 1.82) is 0 Å². The molecule has 1 aliphatic heterocycles. The van der Waals surface area contributed by atoms with Gasteiger partial charge >= 0.3 is 0 Å². The predicted octanol–water partition coefficient (Wildman–Crippen LogP) is 0.425. The molecule has 6 nitrogen and oxygen atoms in total. The number of hydrogen-bond acceptors (Lipinski definition) is 4. The van der Waals surface area contributed by atoms with Gasteiger partial charge in [-0.25, -0.2) is 0 Å². The number of hydrogen-bond donors (Lipinski definition) is 2. The van der Waals surface area contributed by atoms with E-state index < -0.39 is 0 Å². The van der Waals surface area contributed by atoms with Gasteiger partial charge in [-0.05, 0) is 31.0 Å². The molecule has 4 N–H and O–H groups in total. The number of amides is 2. The van der Waals surface area contributed by atoms with E-state index in [1.165, 1.54) is 4.90 Å². The molecule has 2 rings (SSSR count). The summed E-state index contributed by atoms with van der Waals surface area (Å²) in [7, 11) is 3.38. The fraction of sp³-hybridized carbons (Fsp3) is 0.429. The Hall–Kier alpha value is -2.24. The summed E-state index contributed by atoms with van der Waals surface area (Å²) in [6.07, 6.45) is 1.58. The number of rotatable bonds is 3. The predicted molar refractivity (Wildman–Crippen MR) is 78.4 cm³/mol. The molecule has 1 heterocycles. The third kappa shape index (κ3) is 2.54. The smallest absolute Gasteiger partial charge is 0.255 e. The highest BCUT2D eigenvalue weighted by atomic mass is 16.2. The summed E-state index contributed by atoms with van der Waals surface area (Å²) in [5.41, 5.74) is 13.1. The second-order valence-corrected chi connectivity index (χ2v) is 5.23. The van der Waals surface area contributed by atoms with E-state index in [1.54, 1.807) is 32.3 Å². The van der Waals surface area contributed by atoms with E-state index in [4.69, 9.17) is 11.5 Å². The quantitative estimate of drug-likeness (QED) is 0.783. The van der Waals surface area contributed by atoms with E-state index in [1.807, 2.05) is 4.90 Å². The molecule has 0 aliphatic carbocycles. The Bertz CT molecular complexity index is 542. The van der Waals surface area contributed by atoms with Crippen LogP contribution in [0.2, 0.25) is 0 Å². The minimum Gasteiger partial charge on any atom is -0.399 e. The number of nitrogen functional groups attached to an aromatic ring is 1. The average molecular weight is 276 g/mol. The number of nitrogens with zero attached hydrogens (tertiary/aromatic N) is 2. The summed E-state index contributed by atoms with van der Waals surface area (Å²) < 4.78 is 0. The van der Waals surface area contributed by atoms with Gasteiger partial charge in [0.1, 0.15) is 6.04 Å². The van der Waals surface area contributed by atoms with Crippen molar-refractivity contribution in [1.82, 2.24) is 4.90 Å². The Balaban J connectivity index is 2.46. The first-order valence-electron chi connectivity index (χ1n) is 6.59. The lowest BCUT2D eigenvalue weighted by atomic mass is 10.1. The first-order valence-corrected chi connectivity index (χ1v) is 6.59. The summed E-state index contributed by atoms with van der Waals surface area (Å²) in [4.78, 5) is 27.2. The van der Waals surface area contributed by atoms with Crippen molar-refractivity contribution in [2.45, 2.75) is 18.9 Å². The molecule has 1 aliphatic rings. The molecule has 0 spiro atoms. The van der Waals surface area contributed by atoms with Crippen LogP contribution in [0.15, 0.2) is 18.2 Å². The third-order valence-corrected chi connectivity index (χ3v) is 3.55. The highest BCUT2D eigenvalue weighted by Gasteiger charge is 2.31. The van der Waals surface area contributed by atoms with E-state index in [0.717, 1.165) is 6.42 Å². The molecule has 1 fully saturated rings. The highest BCUT2D eigenvalue weighted by molar-refractivity contribution is 6.01. The van der Waals surface area contributed by atoms with Crippen LogP contribution in [0.5, 0.6) is 0 Å². The zero-order chi connectivity index (χ0) is 14.9. The normalized spacial score (nSPS) is 18.1. The molecule has 0 bridgehead atoms. The SMILES string of the molecule is CN(C)C(=O)c1ccc(N)cc1N1CCCC1C(N)=O. The van der Waals surface area contributed by atoms with E-state index in [9.17, 15) is 9.59 Å². The molecular formula is C14H20N4O2. The van der Waals surface area contributed by atoms with Crippen LogP contribution < -0.4 is 16.4 Å². The molecule has 2 amide bonds. The second-order valence-electron chi connectivity index (χ2n) is 5.23. The van der Waals surface area contributed by atoms with Crippen LogP contribution in [0.4, 0.5) is 11.4 Å².